The summed E-state index contributed by atoms with van der Waals surface area (Å²) in [5.74, 6) is -3.05. The predicted molar refractivity (Wildman–Crippen MR) is 299 cm³/mol. The zero-order chi connectivity index (χ0) is 57.6. The lowest BCUT2D eigenvalue weighted by atomic mass is 10.1. The second-order valence-electron chi connectivity index (χ2n) is 18.6. The number of allylic oxidation sites excluding steroid dienone is 11. The molecule has 0 aromatic carbocycles. The number of nitrogens with two attached hydrogens (primary N) is 2. The van der Waals surface area contributed by atoms with Crippen molar-refractivity contribution in [2.24, 2.45) is 5.73 Å². The van der Waals surface area contributed by atoms with Gasteiger partial charge in [-0.3, -0.25) is 28.0 Å². The normalized spacial score (nSPS) is 20.3. The minimum Gasteiger partial charge on any atom is -0.481 e. The largest absolute Gasteiger partial charge is 0.481 e. The quantitative estimate of drug-likeness (QED) is 0.0100. The molecular formula is C53H86N4O18P2S. The minimum atomic E-state index is -5.59. The number of carbonyl (C=O) groups excluding carboxylic acids is 2. The lowest BCUT2D eigenvalue weighted by Gasteiger charge is -2.23. The van der Waals surface area contributed by atoms with Crippen molar-refractivity contribution in [3.63, 3.8) is 0 Å². The summed E-state index contributed by atoms with van der Waals surface area (Å²) >= 11 is 1.08. The molecule has 10 N–H and O–H groups in total. The van der Waals surface area contributed by atoms with Crippen LogP contribution in [0.25, 0.3) is 0 Å². The highest BCUT2D eigenvalue weighted by molar-refractivity contribution is 8.00. The molecule has 1 aliphatic rings. The number of hydrogen-bond acceptors (Lipinski definition) is 19. The van der Waals surface area contributed by atoms with Crippen molar-refractivity contribution >= 4 is 51.1 Å². The van der Waals surface area contributed by atoms with Gasteiger partial charge in [-0.05, 0) is 76.7 Å². The number of aliphatic hydroxyl groups is 3. The van der Waals surface area contributed by atoms with E-state index in [-0.39, 0.29) is 37.3 Å². The number of phosphoric ester groups is 2. The Labute approximate surface area is 463 Å². The topological polar surface area (TPSA) is 349 Å². The van der Waals surface area contributed by atoms with Gasteiger partial charge in [-0.25, -0.2) is 13.9 Å². The van der Waals surface area contributed by atoms with Crippen molar-refractivity contribution in [2.45, 2.75) is 190 Å². The second-order valence-corrected chi connectivity index (χ2v) is 22.8. The molecule has 0 radical (unpaired) electrons. The van der Waals surface area contributed by atoms with Crippen LogP contribution in [0.4, 0.5) is 5.82 Å². The van der Waals surface area contributed by atoms with Crippen LogP contribution in [-0.4, -0.2) is 125 Å². The molecule has 1 fully saturated rings. The van der Waals surface area contributed by atoms with E-state index >= 15 is 0 Å². The van der Waals surface area contributed by atoms with E-state index in [1.165, 1.54) is 31.7 Å². The van der Waals surface area contributed by atoms with Gasteiger partial charge in [0, 0.05) is 30.0 Å². The molecule has 25 heteroatoms. The number of ether oxygens (including phenoxy) is 3. The summed E-state index contributed by atoms with van der Waals surface area (Å²) in [4.78, 5) is 74.0. The van der Waals surface area contributed by atoms with Gasteiger partial charge in [-0.1, -0.05) is 132 Å². The van der Waals surface area contributed by atoms with E-state index in [0.29, 0.717) is 6.42 Å². The van der Waals surface area contributed by atoms with Gasteiger partial charge in [-0.2, -0.15) is 9.29 Å². The van der Waals surface area contributed by atoms with Gasteiger partial charge in [0.25, 0.3) is 0 Å². The lowest BCUT2D eigenvalue weighted by Crippen LogP contribution is -2.40. The molecule has 2 heterocycles. The summed E-state index contributed by atoms with van der Waals surface area (Å²) in [5, 5.41) is 40.5. The molecule has 2 rings (SSSR count). The average Bonchev–Trinajstić information content (AvgIpc) is 3.70. The summed E-state index contributed by atoms with van der Waals surface area (Å²) in [7, 11) is -11.1. The molecule has 1 aromatic rings. The first-order chi connectivity index (χ1) is 37.3. The summed E-state index contributed by atoms with van der Waals surface area (Å²) in [5.41, 5.74) is 10.8. The fourth-order valence-electron chi connectivity index (χ4n) is 7.41. The third kappa shape index (κ3) is 32.3. The Morgan fingerprint density at radius 1 is 0.795 bits per heavy atom. The van der Waals surface area contributed by atoms with Gasteiger partial charge >= 0.3 is 39.2 Å². The number of carboxylic acid groups (broad SMARTS) is 1. The zero-order valence-corrected chi connectivity index (χ0v) is 47.7. The van der Waals surface area contributed by atoms with Gasteiger partial charge in [0.2, 0.25) is 0 Å². The van der Waals surface area contributed by atoms with Gasteiger partial charge < -0.3 is 55.9 Å². The summed E-state index contributed by atoms with van der Waals surface area (Å²) < 4.78 is 57.0. The van der Waals surface area contributed by atoms with Crippen LogP contribution in [0.5, 0.6) is 0 Å². The molecule has 0 spiro atoms. The van der Waals surface area contributed by atoms with E-state index in [2.05, 4.69) is 59.6 Å². The van der Waals surface area contributed by atoms with Crippen molar-refractivity contribution in [2.75, 3.05) is 31.3 Å². The number of unbranched alkanes of at least 4 members (excludes halogenated alkanes) is 11. The van der Waals surface area contributed by atoms with Crippen LogP contribution in [0.1, 0.15) is 148 Å². The molecule has 0 aliphatic carbocycles. The SMILES string of the molecule is CCCCC/C=C\C\C=C/C=C/C=C/[C@@H](SC[C@H](N)C(=O)O[C@H](COC(=O)CCCCCCC/C=C\C/C=C\CCCCC)COP(=O)(O)OP(=O)(O)OC[C@H]1O[C@@H](n2ccc(N)nc2=O)[C@H](O)[C@@H]1O)[C@@H](O)CCCC(=O)O. The third-order valence-corrected chi connectivity index (χ3v) is 15.8. The molecule has 78 heavy (non-hydrogen) atoms. The average molecular weight is 1160 g/mol. The van der Waals surface area contributed by atoms with Crippen molar-refractivity contribution in [3.05, 3.63) is 95.7 Å². The van der Waals surface area contributed by atoms with E-state index in [9.17, 15) is 53.4 Å². The highest BCUT2D eigenvalue weighted by Gasteiger charge is 2.46. The predicted octanol–water partition coefficient (Wildman–Crippen LogP) is 8.20. The number of aromatic nitrogens is 2. The first-order valence-electron chi connectivity index (χ1n) is 26.9. The van der Waals surface area contributed by atoms with E-state index < -0.39 is 107 Å². The molecule has 1 aliphatic heterocycles. The Morgan fingerprint density at radius 2 is 1.40 bits per heavy atom. The number of carbonyl (C=O) groups is 3. The van der Waals surface area contributed by atoms with Crippen LogP contribution < -0.4 is 17.2 Å². The summed E-state index contributed by atoms with van der Waals surface area (Å²) in [6.07, 6.45) is 31.8. The molecule has 0 amide bonds. The Balaban J connectivity index is 2.07. The Hall–Kier alpha value is -4.06. The van der Waals surface area contributed by atoms with Crippen molar-refractivity contribution in [3.8, 4) is 0 Å². The van der Waals surface area contributed by atoms with Crippen LogP contribution >= 0.6 is 27.4 Å². The van der Waals surface area contributed by atoms with Gasteiger partial charge in [0.15, 0.2) is 12.3 Å². The Morgan fingerprint density at radius 3 is 2.04 bits per heavy atom. The number of hydrogen-bond donors (Lipinski definition) is 8. The van der Waals surface area contributed by atoms with Crippen LogP contribution in [0.2, 0.25) is 0 Å². The number of rotatable bonds is 44. The number of carboxylic acids is 1. The zero-order valence-electron chi connectivity index (χ0n) is 45.1. The smallest absolute Gasteiger partial charge is 0.481 e. The molecule has 0 saturated carbocycles. The van der Waals surface area contributed by atoms with Crippen LogP contribution in [0.15, 0.2) is 90.0 Å². The molecule has 0 bridgehead atoms. The molecule has 22 nitrogen and oxygen atoms in total. The molecule has 1 aromatic heterocycles. The summed E-state index contributed by atoms with van der Waals surface area (Å²) in [6, 6.07) is -0.169. The van der Waals surface area contributed by atoms with Gasteiger partial charge in [0.05, 0.1) is 19.3 Å². The molecule has 1 saturated heterocycles. The van der Waals surface area contributed by atoms with Gasteiger partial charge in [0.1, 0.15) is 36.8 Å². The van der Waals surface area contributed by atoms with E-state index in [1.807, 2.05) is 18.2 Å². The first-order valence-corrected chi connectivity index (χ1v) is 30.9. The fourth-order valence-corrected chi connectivity index (χ4v) is 10.6. The molecule has 2 unspecified atom stereocenters. The lowest BCUT2D eigenvalue weighted by molar-refractivity contribution is -0.161. The highest BCUT2D eigenvalue weighted by atomic mass is 32.2. The van der Waals surface area contributed by atoms with Crippen LogP contribution in [0.3, 0.4) is 0 Å². The van der Waals surface area contributed by atoms with Crippen molar-refractivity contribution in [1.82, 2.24) is 9.55 Å². The maximum absolute atomic E-state index is 13.4. The Bertz CT molecular complexity index is 2230. The van der Waals surface area contributed by atoms with Crippen molar-refractivity contribution in [1.29, 1.82) is 0 Å². The second kappa shape index (κ2) is 41.0. The minimum absolute atomic E-state index is 0.00526. The number of nitrogen functional groups attached to an aromatic ring is 1. The Kier molecular flexibility index (Phi) is 36.8. The fraction of sp³-hybridized carbons (Fsp3) is 0.642. The number of nitrogens with zero attached hydrogens (tertiary/aromatic N) is 2. The number of thioether (sulfide) groups is 1. The van der Waals surface area contributed by atoms with E-state index in [0.717, 1.165) is 93.2 Å². The monoisotopic (exact) mass is 1160 g/mol. The highest BCUT2D eigenvalue weighted by Crippen LogP contribution is 2.60. The molecule has 442 valence electrons. The van der Waals surface area contributed by atoms with Gasteiger partial charge in [-0.15, -0.1) is 11.8 Å². The van der Waals surface area contributed by atoms with E-state index in [4.69, 9.17) is 39.8 Å². The maximum atomic E-state index is 13.4. The summed E-state index contributed by atoms with van der Waals surface area (Å²) in [6.45, 7) is 1.59. The molecular weight excluding hydrogens is 1070 g/mol. The third-order valence-electron chi connectivity index (χ3n) is 11.8. The first kappa shape index (κ1) is 70.0. The number of phosphoric acid groups is 2. The van der Waals surface area contributed by atoms with Crippen molar-refractivity contribution < 1.29 is 81.3 Å². The van der Waals surface area contributed by atoms with Crippen LogP contribution in [-0.2, 0) is 51.1 Å². The number of esters is 2. The number of aliphatic hydroxyl groups excluding tert-OH is 3. The number of aliphatic carboxylic acids is 1. The standard InChI is InChI=1S/C53H86N4O18P2S/c1-3-5-7-9-11-13-15-17-18-19-21-23-25-27-29-34-48(61)70-37-41(38-71-76(66,67)75-77(68,69)72-39-44-49(62)50(63)51(74-44)57-36-35-46(55)56-53(57)65)73-52(64)42(54)40-78-45(43(58)31-30-33-47(59)60)32-28-26-24-22-20-16-14-12-10-8-6-4-2/h11-14,17-18,20,22,24,26,28,32,35-36,41-45,49-51,58,62-63H,3-10,15-16,19,21,23,25,27,29-31,33-34,37-40,54H2,1-2H3,(H,59,60)(H,66,67)(H,68,69)(H2,55,56,65)/b13-11-,14-12-,18-17-,22-20-,26-24+,32-28+/t41-,42+,43+,44-,45-,49-,50-,51-/m1/s1. The number of anilines is 1. The maximum Gasteiger partial charge on any atom is 0.481 e. The van der Waals surface area contributed by atoms with E-state index in [1.54, 1.807) is 18.2 Å². The molecule has 10 atom stereocenters. The van der Waals surface area contributed by atoms with Crippen LogP contribution in [0, 0.1) is 0 Å².